The molecule has 0 radical (unpaired) electrons. The first-order valence-corrected chi connectivity index (χ1v) is 8.84. The third-order valence-electron chi connectivity index (χ3n) is 4.90. The minimum Gasteiger partial charge on any atom is -0.346 e. The van der Waals surface area contributed by atoms with Crippen LogP contribution in [0.25, 0.3) is 11.0 Å². The van der Waals surface area contributed by atoms with Gasteiger partial charge < -0.3 is 4.98 Å². The van der Waals surface area contributed by atoms with E-state index in [4.69, 9.17) is 0 Å². The Morgan fingerprint density at radius 2 is 1.81 bits per heavy atom. The molecule has 4 rings (SSSR count). The Morgan fingerprint density at radius 1 is 1.04 bits per heavy atom. The second-order valence-corrected chi connectivity index (χ2v) is 6.86. The van der Waals surface area contributed by atoms with Gasteiger partial charge in [-0.15, -0.1) is 0 Å². The molecule has 1 unspecified atom stereocenters. The molecule has 1 N–H and O–H groups in total. The van der Waals surface area contributed by atoms with E-state index in [0.29, 0.717) is 17.7 Å². The van der Waals surface area contributed by atoms with Gasteiger partial charge in [-0.25, -0.2) is 14.4 Å². The molecule has 0 fully saturated rings. The van der Waals surface area contributed by atoms with E-state index in [0.717, 1.165) is 27.7 Å². The molecule has 0 saturated heterocycles. The van der Waals surface area contributed by atoms with Crippen LogP contribution in [0.1, 0.15) is 40.8 Å². The molecule has 136 valence electrons. The van der Waals surface area contributed by atoms with Crippen molar-refractivity contribution in [1.82, 2.24) is 15.0 Å². The Hall–Kier alpha value is -3.08. The highest BCUT2D eigenvalue weighted by molar-refractivity contribution is 5.80. The van der Waals surface area contributed by atoms with Crippen molar-refractivity contribution in [2.75, 3.05) is 0 Å². The lowest BCUT2D eigenvalue weighted by Crippen LogP contribution is -2.04. The molecule has 3 aromatic heterocycles. The zero-order valence-corrected chi connectivity index (χ0v) is 15.1. The maximum atomic E-state index is 14.7. The Kier molecular flexibility index (Phi) is 4.44. The van der Waals surface area contributed by atoms with Crippen LogP contribution in [0.15, 0.2) is 54.9 Å². The van der Waals surface area contributed by atoms with Gasteiger partial charge in [0.15, 0.2) is 0 Å². The molecule has 0 bridgehead atoms. The third-order valence-corrected chi connectivity index (χ3v) is 4.90. The predicted molar refractivity (Wildman–Crippen MR) is 102 cm³/mol. The average molecular weight is 363 g/mol. The van der Waals surface area contributed by atoms with Gasteiger partial charge in [-0.2, -0.15) is 4.39 Å². The number of pyridine rings is 2. The summed E-state index contributed by atoms with van der Waals surface area (Å²) in [5.41, 5.74) is 4.90. The molecule has 0 amide bonds. The molecule has 1 aromatic carbocycles. The van der Waals surface area contributed by atoms with Crippen molar-refractivity contribution in [2.24, 2.45) is 0 Å². The molecular weight excluding hydrogens is 344 g/mol. The summed E-state index contributed by atoms with van der Waals surface area (Å²) in [5.74, 6) is -0.880. The Labute approximate surface area is 156 Å². The number of hydrogen-bond acceptors (Lipinski definition) is 2. The highest BCUT2D eigenvalue weighted by atomic mass is 19.1. The summed E-state index contributed by atoms with van der Waals surface area (Å²) < 4.78 is 27.8. The first-order valence-electron chi connectivity index (χ1n) is 8.84. The second-order valence-electron chi connectivity index (χ2n) is 6.86. The molecule has 3 heterocycles. The van der Waals surface area contributed by atoms with Crippen LogP contribution in [-0.2, 0) is 6.42 Å². The van der Waals surface area contributed by atoms with Crippen molar-refractivity contribution in [3.05, 3.63) is 94.6 Å². The molecule has 0 spiro atoms. The predicted octanol–water partition coefficient (Wildman–Crippen LogP) is 5.29. The molecule has 4 aromatic rings. The molecule has 5 heteroatoms. The fraction of sp³-hybridized carbons (Fsp3) is 0.182. The van der Waals surface area contributed by atoms with Crippen LogP contribution in [0, 0.1) is 18.7 Å². The van der Waals surface area contributed by atoms with Crippen LogP contribution in [0.5, 0.6) is 0 Å². The number of nitrogens with zero attached hydrogens (tertiary/aromatic N) is 2. The summed E-state index contributed by atoms with van der Waals surface area (Å²) in [6.45, 7) is 3.92. The van der Waals surface area contributed by atoms with Gasteiger partial charge in [0.1, 0.15) is 11.5 Å². The van der Waals surface area contributed by atoms with E-state index in [9.17, 15) is 8.78 Å². The van der Waals surface area contributed by atoms with E-state index >= 15 is 0 Å². The molecule has 0 aliphatic heterocycles. The summed E-state index contributed by atoms with van der Waals surface area (Å²) in [6.07, 6.45) is 4.11. The number of rotatable bonds is 4. The number of fused-ring (bicyclic) bond motifs is 1. The summed E-state index contributed by atoms with van der Waals surface area (Å²) in [5, 5.41) is 0.998. The summed E-state index contributed by atoms with van der Waals surface area (Å²) in [6, 6.07) is 11.9. The smallest absolute Gasteiger partial charge is 0.216 e. The van der Waals surface area contributed by atoms with Crippen molar-refractivity contribution >= 4 is 11.0 Å². The zero-order valence-electron chi connectivity index (χ0n) is 15.1. The normalized spacial score (nSPS) is 12.4. The lowest BCUT2D eigenvalue weighted by molar-refractivity contribution is 0.560. The minimum atomic E-state index is -0.476. The highest BCUT2D eigenvalue weighted by Crippen LogP contribution is 2.26. The number of hydrogen-bond donors (Lipinski definition) is 1. The van der Waals surface area contributed by atoms with E-state index in [2.05, 4.69) is 15.0 Å². The molecule has 3 nitrogen and oxygen atoms in total. The first kappa shape index (κ1) is 17.3. The van der Waals surface area contributed by atoms with E-state index < -0.39 is 5.95 Å². The van der Waals surface area contributed by atoms with Gasteiger partial charge in [-0.1, -0.05) is 25.1 Å². The molecule has 0 saturated carbocycles. The number of H-pyrrole nitrogens is 1. The molecule has 1 atom stereocenters. The first-order chi connectivity index (χ1) is 13.0. The summed E-state index contributed by atoms with van der Waals surface area (Å²) in [7, 11) is 0. The largest absolute Gasteiger partial charge is 0.346 e. The Bertz CT molecular complexity index is 1100. The second kappa shape index (κ2) is 6.91. The molecule has 0 aliphatic rings. The van der Waals surface area contributed by atoms with Crippen LogP contribution in [0.3, 0.4) is 0 Å². The monoisotopic (exact) mass is 363 g/mol. The van der Waals surface area contributed by atoms with Gasteiger partial charge in [0.05, 0.1) is 5.69 Å². The fourth-order valence-corrected chi connectivity index (χ4v) is 3.29. The van der Waals surface area contributed by atoms with E-state index in [1.807, 2.05) is 32.2 Å². The minimum absolute atomic E-state index is 0.117. The topological polar surface area (TPSA) is 41.6 Å². The number of nitrogens with one attached hydrogen (secondary N) is 1. The number of aromatic amines is 1. The maximum Gasteiger partial charge on any atom is 0.216 e. The SMILES string of the molecule is Cc1cnc2[nH]cc(Cc3ccc(C(C)c4ccc(F)cc4)nc3F)c2c1. The number of benzene rings is 1. The van der Waals surface area contributed by atoms with Gasteiger partial charge in [-0.3, -0.25) is 0 Å². The van der Waals surface area contributed by atoms with Gasteiger partial charge in [0, 0.05) is 35.7 Å². The van der Waals surface area contributed by atoms with E-state index in [-0.39, 0.29) is 11.7 Å². The lowest BCUT2D eigenvalue weighted by Gasteiger charge is -2.13. The average Bonchev–Trinajstić information content (AvgIpc) is 3.05. The van der Waals surface area contributed by atoms with Crippen molar-refractivity contribution in [2.45, 2.75) is 26.2 Å². The van der Waals surface area contributed by atoms with Crippen molar-refractivity contribution in [1.29, 1.82) is 0 Å². The van der Waals surface area contributed by atoms with Crippen LogP contribution in [0.2, 0.25) is 0 Å². The molecule has 0 aliphatic carbocycles. The van der Waals surface area contributed by atoms with Crippen LogP contribution in [0.4, 0.5) is 8.78 Å². The quantitative estimate of drug-likeness (QED) is 0.501. The number of halogens is 2. The van der Waals surface area contributed by atoms with Crippen molar-refractivity contribution in [3.63, 3.8) is 0 Å². The van der Waals surface area contributed by atoms with Crippen molar-refractivity contribution < 1.29 is 8.78 Å². The van der Waals surface area contributed by atoms with Crippen LogP contribution in [-0.4, -0.2) is 15.0 Å². The molecular formula is C22H19F2N3. The summed E-state index contributed by atoms with van der Waals surface area (Å²) >= 11 is 0. The summed E-state index contributed by atoms with van der Waals surface area (Å²) in [4.78, 5) is 11.6. The fourth-order valence-electron chi connectivity index (χ4n) is 3.29. The van der Waals surface area contributed by atoms with Crippen LogP contribution < -0.4 is 0 Å². The van der Waals surface area contributed by atoms with Gasteiger partial charge in [-0.05, 0) is 47.9 Å². The van der Waals surface area contributed by atoms with Crippen molar-refractivity contribution in [3.8, 4) is 0 Å². The molecule has 27 heavy (non-hydrogen) atoms. The lowest BCUT2D eigenvalue weighted by atomic mass is 9.96. The Morgan fingerprint density at radius 3 is 2.56 bits per heavy atom. The zero-order chi connectivity index (χ0) is 19.0. The van der Waals surface area contributed by atoms with Crippen LogP contribution >= 0.6 is 0 Å². The third kappa shape index (κ3) is 3.45. The Balaban J connectivity index is 1.61. The van der Waals surface area contributed by atoms with Gasteiger partial charge in [0.25, 0.3) is 0 Å². The van der Waals surface area contributed by atoms with Gasteiger partial charge >= 0.3 is 0 Å². The standard InChI is InChI=1S/C22H19F2N3/c1-13-9-19-17(12-26-22(19)25-11-13)10-16-5-8-20(27-21(16)24)14(2)15-3-6-18(23)7-4-15/h3-9,11-12,14H,10H2,1-2H3,(H,25,26). The maximum absolute atomic E-state index is 14.7. The number of aryl methyl sites for hydroxylation is 1. The van der Waals surface area contributed by atoms with Gasteiger partial charge in [0.2, 0.25) is 5.95 Å². The van der Waals surface area contributed by atoms with E-state index in [1.54, 1.807) is 24.4 Å². The van der Waals surface area contributed by atoms with E-state index in [1.165, 1.54) is 12.1 Å². The highest BCUT2D eigenvalue weighted by Gasteiger charge is 2.15. The number of aromatic nitrogens is 3.